The lowest BCUT2D eigenvalue weighted by Gasteiger charge is -2.41. The van der Waals surface area contributed by atoms with E-state index in [9.17, 15) is 14.7 Å². The molecule has 0 unspecified atom stereocenters. The number of aliphatic hydroxyl groups is 1. The highest BCUT2D eigenvalue weighted by Crippen LogP contribution is 2.47. The molecule has 1 heterocycles. The third kappa shape index (κ3) is 2.62. The number of likely N-dealkylation sites (tertiary alicyclic amines) is 1. The van der Waals surface area contributed by atoms with Gasteiger partial charge in [-0.05, 0) is 31.1 Å². The Labute approximate surface area is 120 Å². The van der Waals surface area contributed by atoms with E-state index in [4.69, 9.17) is 0 Å². The second-order valence-corrected chi connectivity index (χ2v) is 7.22. The summed E-state index contributed by atoms with van der Waals surface area (Å²) in [5.41, 5.74) is -0.871. The fourth-order valence-electron chi connectivity index (χ4n) is 4.35. The molecule has 0 radical (unpaired) electrons. The SMILES string of the molecule is O=C1CC2(CCCC2)CC(=O)N1CC1(O)CCCCC1. The third-order valence-electron chi connectivity index (χ3n) is 5.56. The maximum absolute atomic E-state index is 12.4. The van der Waals surface area contributed by atoms with Crippen molar-refractivity contribution in [3.05, 3.63) is 0 Å². The summed E-state index contributed by atoms with van der Waals surface area (Å²) in [6.45, 7) is 0.223. The standard InChI is InChI=1S/C16H25NO3/c18-13-10-15(6-4-5-7-15)11-14(19)17(13)12-16(20)8-2-1-3-9-16/h20H,1-12H2. The van der Waals surface area contributed by atoms with Crippen LogP contribution in [0.5, 0.6) is 0 Å². The number of piperidine rings is 1. The number of hydrogen-bond acceptors (Lipinski definition) is 3. The molecule has 4 heteroatoms. The molecule has 0 bridgehead atoms. The van der Waals surface area contributed by atoms with Gasteiger partial charge in [-0.3, -0.25) is 14.5 Å². The number of imide groups is 1. The second kappa shape index (κ2) is 5.14. The van der Waals surface area contributed by atoms with Gasteiger partial charge in [-0.15, -0.1) is 0 Å². The highest BCUT2D eigenvalue weighted by Gasteiger charge is 2.46. The zero-order chi connectivity index (χ0) is 14.2. The molecule has 1 saturated heterocycles. The maximum Gasteiger partial charge on any atom is 0.229 e. The summed E-state index contributed by atoms with van der Waals surface area (Å²) in [6, 6.07) is 0. The Morgan fingerprint density at radius 2 is 1.35 bits per heavy atom. The molecule has 2 amide bonds. The van der Waals surface area contributed by atoms with E-state index in [-0.39, 0.29) is 23.8 Å². The van der Waals surface area contributed by atoms with Crippen molar-refractivity contribution in [2.45, 2.75) is 76.2 Å². The Balaban J connectivity index is 1.68. The quantitative estimate of drug-likeness (QED) is 0.790. The first-order chi connectivity index (χ1) is 9.52. The minimum atomic E-state index is -0.830. The molecule has 0 atom stereocenters. The zero-order valence-corrected chi connectivity index (χ0v) is 12.2. The molecule has 0 aromatic carbocycles. The molecular weight excluding hydrogens is 254 g/mol. The number of amides is 2. The van der Waals surface area contributed by atoms with Crippen LogP contribution in [0, 0.1) is 5.41 Å². The minimum Gasteiger partial charge on any atom is -0.388 e. The van der Waals surface area contributed by atoms with Crippen molar-refractivity contribution in [1.29, 1.82) is 0 Å². The van der Waals surface area contributed by atoms with Crippen molar-refractivity contribution in [2.75, 3.05) is 6.54 Å². The van der Waals surface area contributed by atoms with Gasteiger partial charge < -0.3 is 5.11 Å². The molecule has 20 heavy (non-hydrogen) atoms. The van der Waals surface area contributed by atoms with Gasteiger partial charge >= 0.3 is 0 Å². The van der Waals surface area contributed by atoms with E-state index < -0.39 is 5.60 Å². The Morgan fingerprint density at radius 1 is 0.850 bits per heavy atom. The van der Waals surface area contributed by atoms with E-state index in [1.165, 1.54) is 4.90 Å². The number of nitrogens with zero attached hydrogens (tertiary/aromatic N) is 1. The summed E-state index contributed by atoms with van der Waals surface area (Å²) in [7, 11) is 0. The first-order valence-electron chi connectivity index (χ1n) is 8.08. The van der Waals surface area contributed by atoms with Crippen molar-refractivity contribution >= 4 is 11.8 Å². The molecule has 2 saturated carbocycles. The van der Waals surface area contributed by atoms with Crippen molar-refractivity contribution in [1.82, 2.24) is 4.90 Å². The summed E-state index contributed by atoms with van der Waals surface area (Å²) in [5, 5.41) is 10.6. The lowest BCUT2D eigenvalue weighted by molar-refractivity contribution is -0.158. The fraction of sp³-hybridized carbons (Fsp3) is 0.875. The largest absolute Gasteiger partial charge is 0.388 e. The van der Waals surface area contributed by atoms with E-state index >= 15 is 0 Å². The zero-order valence-electron chi connectivity index (χ0n) is 12.2. The summed E-state index contributed by atoms with van der Waals surface area (Å²) < 4.78 is 0. The molecule has 1 aliphatic heterocycles. The Hall–Kier alpha value is -0.900. The van der Waals surface area contributed by atoms with Crippen molar-refractivity contribution in [3.8, 4) is 0 Å². The smallest absolute Gasteiger partial charge is 0.229 e. The van der Waals surface area contributed by atoms with E-state index in [0.717, 1.165) is 57.8 Å². The monoisotopic (exact) mass is 279 g/mol. The van der Waals surface area contributed by atoms with Crippen LogP contribution in [0.2, 0.25) is 0 Å². The maximum atomic E-state index is 12.4. The lowest BCUT2D eigenvalue weighted by Crippen LogP contribution is -2.53. The second-order valence-electron chi connectivity index (χ2n) is 7.22. The molecule has 4 nitrogen and oxygen atoms in total. The van der Waals surface area contributed by atoms with Crippen molar-refractivity contribution in [2.24, 2.45) is 5.41 Å². The van der Waals surface area contributed by atoms with Gasteiger partial charge in [0.1, 0.15) is 0 Å². The Bertz CT molecular complexity index is 386. The lowest BCUT2D eigenvalue weighted by atomic mass is 9.75. The van der Waals surface area contributed by atoms with Gasteiger partial charge in [0.2, 0.25) is 11.8 Å². The van der Waals surface area contributed by atoms with Crippen molar-refractivity contribution < 1.29 is 14.7 Å². The first kappa shape index (κ1) is 14.1. The van der Waals surface area contributed by atoms with Gasteiger partial charge in [-0.2, -0.15) is 0 Å². The number of carbonyl (C=O) groups is 2. The van der Waals surface area contributed by atoms with Gasteiger partial charge in [-0.1, -0.05) is 32.1 Å². The normalized spacial score (nSPS) is 29.1. The number of carbonyl (C=O) groups excluding carboxylic acids is 2. The van der Waals surface area contributed by atoms with Gasteiger partial charge in [0.05, 0.1) is 12.1 Å². The van der Waals surface area contributed by atoms with E-state index in [0.29, 0.717) is 12.8 Å². The Morgan fingerprint density at radius 3 is 1.90 bits per heavy atom. The summed E-state index contributed by atoms with van der Waals surface area (Å²) in [6.07, 6.45) is 9.91. The summed E-state index contributed by atoms with van der Waals surface area (Å²) >= 11 is 0. The van der Waals surface area contributed by atoms with Gasteiger partial charge in [-0.25, -0.2) is 0 Å². The van der Waals surface area contributed by atoms with Gasteiger partial charge in [0.15, 0.2) is 0 Å². The van der Waals surface area contributed by atoms with Crippen LogP contribution in [-0.4, -0.2) is 34.0 Å². The fourth-order valence-corrected chi connectivity index (χ4v) is 4.35. The van der Waals surface area contributed by atoms with Gasteiger partial charge in [0.25, 0.3) is 0 Å². The van der Waals surface area contributed by atoms with Crippen LogP contribution in [0.15, 0.2) is 0 Å². The van der Waals surface area contributed by atoms with Crippen LogP contribution in [0.25, 0.3) is 0 Å². The molecule has 3 aliphatic rings. The van der Waals surface area contributed by atoms with Gasteiger partial charge in [0, 0.05) is 12.8 Å². The van der Waals surface area contributed by atoms with E-state index in [1.54, 1.807) is 0 Å². The summed E-state index contributed by atoms with van der Waals surface area (Å²) in [5.74, 6) is -0.107. The third-order valence-corrected chi connectivity index (χ3v) is 5.56. The number of β-amino-alcohol motifs (C(OH)–C–C–N with tert-alkyl or cyclic N) is 1. The van der Waals surface area contributed by atoms with Crippen LogP contribution >= 0.6 is 0 Å². The van der Waals surface area contributed by atoms with Crippen LogP contribution in [0.1, 0.15) is 70.6 Å². The molecule has 1 N–H and O–H groups in total. The summed E-state index contributed by atoms with van der Waals surface area (Å²) in [4.78, 5) is 26.1. The van der Waals surface area contributed by atoms with E-state index in [1.807, 2.05) is 0 Å². The van der Waals surface area contributed by atoms with Crippen LogP contribution in [0.3, 0.4) is 0 Å². The molecule has 112 valence electrons. The highest BCUT2D eigenvalue weighted by molar-refractivity contribution is 5.98. The average molecular weight is 279 g/mol. The molecule has 3 fully saturated rings. The van der Waals surface area contributed by atoms with E-state index in [2.05, 4.69) is 0 Å². The minimum absolute atomic E-state index is 0.0418. The van der Waals surface area contributed by atoms with Crippen LogP contribution < -0.4 is 0 Å². The predicted octanol–water partition coefficient (Wildman–Crippen LogP) is 2.39. The number of rotatable bonds is 2. The molecule has 0 aromatic rings. The average Bonchev–Trinajstić information content (AvgIpc) is 2.83. The molecule has 1 spiro atoms. The molecule has 3 rings (SSSR count). The topological polar surface area (TPSA) is 57.6 Å². The molecule has 0 aromatic heterocycles. The highest BCUT2D eigenvalue weighted by atomic mass is 16.3. The molecule has 2 aliphatic carbocycles. The van der Waals surface area contributed by atoms with Crippen LogP contribution in [0.4, 0.5) is 0 Å². The molecular formula is C16H25NO3. The van der Waals surface area contributed by atoms with Crippen molar-refractivity contribution in [3.63, 3.8) is 0 Å². The number of hydrogen-bond donors (Lipinski definition) is 1. The van der Waals surface area contributed by atoms with Crippen LogP contribution in [-0.2, 0) is 9.59 Å². The predicted molar refractivity (Wildman–Crippen MR) is 74.9 cm³/mol. The Kier molecular flexibility index (Phi) is 3.61. The first-order valence-corrected chi connectivity index (χ1v) is 8.08.